The molecule has 0 radical (unpaired) electrons. The Morgan fingerprint density at radius 2 is 1.53 bits per heavy atom. The third-order valence-electron chi connectivity index (χ3n) is 7.05. The molecule has 1 aromatic heterocycles. The van der Waals surface area contributed by atoms with E-state index in [1.165, 1.54) is 17.0 Å². The van der Waals surface area contributed by atoms with Gasteiger partial charge in [-0.3, -0.25) is 0 Å². The summed E-state index contributed by atoms with van der Waals surface area (Å²) < 4.78 is 5.90. The highest BCUT2D eigenvalue weighted by Gasteiger charge is 2.24. The van der Waals surface area contributed by atoms with E-state index in [1.807, 2.05) is 0 Å². The maximum atomic E-state index is 5.90. The Morgan fingerprint density at radius 3 is 2.28 bits per heavy atom. The topological polar surface area (TPSA) is 48.0 Å². The minimum Gasteiger partial charge on any atom is -0.377 e. The first-order valence-corrected chi connectivity index (χ1v) is 12.1. The molecular weight excluding hydrogens is 400 g/mol. The Labute approximate surface area is 192 Å². The number of nitrogens with zero attached hydrogens (tertiary/aromatic N) is 6. The maximum absolute atomic E-state index is 5.90. The summed E-state index contributed by atoms with van der Waals surface area (Å²) in [4.78, 5) is 19.9. The molecule has 0 amide bonds. The number of aromatic nitrogens is 2. The number of aryl methyl sites for hydroxylation is 1. The Kier molecular flexibility index (Phi) is 6.57. The first-order valence-electron chi connectivity index (χ1n) is 12.1. The van der Waals surface area contributed by atoms with Gasteiger partial charge in [-0.1, -0.05) is 12.2 Å². The zero-order valence-corrected chi connectivity index (χ0v) is 19.6. The van der Waals surface area contributed by atoms with Gasteiger partial charge in [0.2, 0.25) is 0 Å². The van der Waals surface area contributed by atoms with E-state index < -0.39 is 0 Å². The first-order chi connectivity index (χ1) is 15.7. The molecule has 0 unspecified atom stereocenters. The van der Waals surface area contributed by atoms with Crippen molar-refractivity contribution in [1.29, 1.82) is 0 Å². The van der Waals surface area contributed by atoms with E-state index in [4.69, 9.17) is 14.7 Å². The monoisotopic (exact) mass is 436 g/mol. The molecule has 32 heavy (non-hydrogen) atoms. The number of piperazine rings is 2. The van der Waals surface area contributed by atoms with Gasteiger partial charge in [-0.05, 0) is 45.5 Å². The van der Waals surface area contributed by atoms with Crippen LogP contribution in [0.25, 0.3) is 5.57 Å². The third kappa shape index (κ3) is 4.75. The minimum absolute atomic E-state index is 0.626. The highest BCUT2D eigenvalue weighted by molar-refractivity contribution is 5.72. The molecule has 1 aliphatic carbocycles. The van der Waals surface area contributed by atoms with E-state index in [-0.39, 0.29) is 0 Å². The smallest absolute Gasteiger partial charge is 0.161 e. The lowest BCUT2D eigenvalue weighted by molar-refractivity contribution is 0.125. The fourth-order valence-corrected chi connectivity index (χ4v) is 4.88. The molecule has 0 spiro atoms. The van der Waals surface area contributed by atoms with Crippen molar-refractivity contribution in [3.05, 3.63) is 47.1 Å². The van der Waals surface area contributed by atoms with Gasteiger partial charge in [-0.25, -0.2) is 9.97 Å². The van der Waals surface area contributed by atoms with Crippen LogP contribution < -0.4 is 4.90 Å². The lowest BCUT2D eigenvalue weighted by Crippen LogP contribution is -2.45. The molecule has 2 saturated heterocycles. The Bertz CT molecular complexity index is 907. The normalized spacial score (nSPS) is 23.3. The van der Waals surface area contributed by atoms with Crippen molar-refractivity contribution in [2.75, 3.05) is 78.0 Å². The Morgan fingerprint density at radius 1 is 0.812 bits per heavy atom. The zero-order chi connectivity index (χ0) is 21.9. The largest absolute Gasteiger partial charge is 0.377 e. The summed E-state index contributed by atoms with van der Waals surface area (Å²) in [5.41, 5.74) is 4.83. The zero-order valence-electron chi connectivity index (χ0n) is 19.6. The van der Waals surface area contributed by atoms with Crippen LogP contribution in [0, 0.1) is 0 Å². The molecule has 0 atom stereocenters. The molecule has 7 nitrogen and oxygen atoms in total. The highest BCUT2D eigenvalue weighted by atomic mass is 16.5. The number of allylic oxidation sites excluding steroid dienone is 5. The molecule has 0 bridgehead atoms. The average molecular weight is 437 g/mol. The van der Waals surface area contributed by atoms with Gasteiger partial charge in [0.25, 0.3) is 0 Å². The van der Waals surface area contributed by atoms with E-state index >= 15 is 0 Å². The number of ether oxygens (including phenoxy) is 1. The Hall–Kier alpha value is -2.22. The van der Waals surface area contributed by atoms with Gasteiger partial charge in [0.05, 0.1) is 12.3 Å². The fraction of sp³-hybridized carbons (Fsp3) is 0.600. The van der Waals surface area contributed by atoms with Crippen molar-refractivity contribution in [3.63, 3.8) is 0 Å². The number of fused-ring (bicyclic) bond motifs is 1. The van der Waals surface area contributed by atoms with Crippen LogP contribution in [0.2, 0.25) is 0 Å². The molecule has 7 heteroatoms. The molecule has 4 aliphatic rings. The highest BCUT2D eigenvalue weighted by Crippen LogP contribution is 2.29. The van der Waals surface area contributed by atoms with Crippen LogP contribution in [0.4, 0.5) is 5.82 Å². The van der Waals surface area contributed by atoms with Crippen molar-refractivity contribution in [2.45, 2.75) is 25.9 Å². The second-order valence-corrected chi connectivity index (χ2v) is 9.39. The van der Waals surface area contributed by atoms with Gasteiger partial charge in [-0.2, -0.15) is 0 Å². The SMILES string of the molecule is CN1CCN(C2=CCC=C(c3nc4c(c(N5CCN(C)CC5)n3)COCCC4)C=C2)CC1. The fourth-order valence-electron chi connectivity index (χ4n) is 4.88. The van der Waals surface area contributed by atoms with E-state index in [9.17, 15) is 0 Å². The second-order valence-electron chi connectivity index (χ2n) is 9.39. The van der Waals surface area contributed by atoms with E-state index in [2.05, 4.69) is 58.0 Å². The van der Waals surface area contributed by atoms with Crippen LogP contribution in [0.3, 0.4) is 0 Å². The van der Waals surface area contributed by atoms with E-state index in [1.54, 1.807) is 0 Å². The summed E-state index contributed by atoms with van der Waals surface area (Å²) in [6, 6.07) is 0. The minimum atomic E-state index is 0.626. The first kappa shape index (κ1) is 21.6. The molecule has 0 N–H and O–H groups in total. The van der Waals surface area contributed by atoms with Gasteiger partial charge in [0.15, 0.2) is 5.82 Å². The Balaban J connectivity index is 1.42. The van der Waals surface area contributed by atoms with Crippen molar-refractivity contribution < 1.29 is 4.74 Å². The number of hydrogen-bond acceptors (Lipinski definition) is 7. The summed E-state index contributed by atoms with van der Waals surface area (Å²) in [5, 5.41) is 0. The summed E-state index contributed by atoms with van der Waals surface area (Å²) in [5.74, 6) is 1.95. The lowest BCUT2D eigenvalue weighted by Gasteiger charge is -2.34. The molecular formula is C25H36N6O. The summed E-state index contributed by atoms with van der Waals surface area (Å²) in [6.45, 7) is 9.98. The maximum Gasteiger partial charge on any atom is 0.161 e. The van der Waals surface area contributed by atoms with Crippen LogP contribution in [0.1, 0.15) is 29.9 Å². The van der Waals surface area contributed by atoms with Gasteiger partial charge in [0.1, 0.15) is 5.82 Å². The molecule has 0 saturated carbocycles. The average Bonchev–Trinajstić information content (AvgIpc) is 3.20. The van der Waals surface area contributed by atoms with Crippen molar-refractivity contribution in [3.8, 4) is 0 Å². The predicted octanol–water partition coefficient (Wildman–Crippen LogP) is 2.17. The van der Waals surface area contributed by atoms with Crippen molar-refractivity contribution in [2.24, 2.45) is 0 Å². The molecule has 5 rings (SSSR count). The number of rotatable bonds is 3. The molecule has 1 aromatic rings. The summed E-state index contributed by atoms with van der Waals surface area (Å²) >= 11 is 0. The molecule has 172 valence electrons. The van der Waals surface area contributed by atoms with Gasteiger partial charge in [-0.15, -0.1) is 0 Å². The van der Waals surface area contributed by atoms with Crippen molar-refractivity contribution in [1.82, 2.24) is 24.7 Å². The number of anilines is 1. The quantitative estimate of drug-likeness (QED) is 0.720. The predicted molar refractivity (Wildman–Crippen MR) is 129 cm³/mol. The van der Waals surface area contributed by atoms with Crippen molar-refractivity contribution >= 4 is 11.4 Å². The van der Waals surface area contributed by atoms with E-state index in [0.717, 1.165) is 95.4 Å². The van der Waals surface area contributed by atoms with Crippen LogP contribution >= 0.6 is 0 Å². The van der Waals surface area contributed by atoms with Crippen LogP contribution in [-0.2, 0) is 17.8 Å². The third-order valence-corrected chi connectivity index (χ3v) is 7.05. The van der Waals surface area contributed by atoms with E-state index in [0.29, 0.717) is 6.61 Å². The van der Waals surface area contributed by atoms with Crippen LogP contribution in [0.15, 0.2) is 30.0 Å². The van der Waals surface area contributed by atoms with Crippen LogP contribution in [0.5, 0.6) is 0 Å². The number of hydrogen-bond donors (Lipinski definition) is 0. The summed E-state index contributed by atoms with van der Waals surface area (Å²) in [7, 11) is 4.39. The molecule has 2 fully saturated rings. The molecule has 3 aliphatic heterocycles. The molecule has 0 aromatic carbocycles. The summed E-state index contributed by atoms with van der Waals surface area (Å²) in [6.07, 6.45) is 12.0. The standard InChI is InChI=1S/C25H36N6O/c1-28-10-14-30(15-11-28)21-6-3-5-20(8-9-21)24-26-23-7-4-18-32-19-22(23)25(27-24)31-16-12-29(2)13-17-31/h5-6,8-9H,3-4,7,10-19H2,1-2H3. The van der Waals surface area contributed by atoms with Gasteiger partial charge >= 0.3 is 0 Å². The second kappa shape index (κ2) is 9.73. The van der Waals surface area contributed by atoms with Gasteiger partial charge in [0, 0.05) is 75.8 Å². The van der Waals surface area contributed by atoms with Gasteiger partial charge < -0.3 is 24.3 Å². The van der Waals surface area contributed by atoms with Crippen LogP contribution in [-0.4, -0.2) is 97.7 Å². The lowest BCUT2D eigenvalue weighted by atomic mass is 10.1. The molecule has 4 heterocycles. The number of likely N-dealkylation sites (N-methyl/N-ethyl adjacent to an activating group) is 2.